The Balaban J connectivity index is 1.90. The number of carbonyl (C=O) groups excluding carboxylic acids is 1. The zero-order valence-electron chi connectivity index (χ0n) is 10.8. The quantitative estimate of drug-likeness (QED) is 0.770. The topological polar surface area (TPSA) is 32.3 Å². The Labute approximate surface area is 98.6 Å². The first-order valence-corrected chi connectivity index (χ1v) is 6.61. The Morgan fingerprint density at radius 2 is 2.19 bits per heavy atom. The molecular formula is C13H24N2O. The molecule has 2 rings (SSSR count). The third-order valence-corrected chi connectivity index (χ3v) is 4.37. The largest absolute Gasteiger partial charge is 0.341 e. The molecule has 1 aliphatic heterocycles. The van der Waals surface area contributed by atoms with Crippen LogP contribution in [0.2, 0.25) is 0 Å². The minimum Gasteiger partial charge on any atom is -0.341 e. The van der Waals surface area contributed by atoms with Gasteiger partial charge in [0, 0.05) is 13.1 Å². The first-order valence-electron chi connectivity index (χ1n) is 6.61. The van der Waals surface area contributed by atoms with Crippen molar-refractivity contribution < 1.29 is 4.79 Å². The van der Waals surface area contributed by atoms with Gasteiger partial charge < -0.3 is 10.2 Å². The van der Waals surface area contributed by atoms with E-state index in [1.807, 2.05) is 0 Å². The molecule has 1 unspecified atom stereocenters. The number of hydrogen-bond donors (Lipinski definition) is 1. The summed E-state index contributed by atoms with van der Waals surface area (Å²) < 4.78 is 0. The number of hydrogen-bond acceptors (Lipinski definition) is 2. The highest BCUT2D eigenvalue weighted by Crippen LogP contribution is 2.52. The predicted molar refractivity (Wildman–Crippen MR) is 65.2 cm³/mol. The molecule has 0 radical (unpaired) electrons. The van der Waals surface area contributed by atoms with Gasteiger partial charge in [0.25, 0.3) is 0 Å². The minimum atomic E-state index is 0.0907. The molecule has 1 saturated heterocycles. The third kappa shape index (κ3) is 2.10. The van der Waals surface area contributed by atoms with E-state index >= 15 is 0 Å². The van der Waals surface area contributed by atoms with E-state index in [2.05, 4.69) is 31.0 Å². The van der Waals surface area contributed by atoms with Gasteiger partial charge in [-0.15, -0.1) is 0 Å². The number of amides is 1. The van der Waals surface area contributed by atoms with Gasteiger partial charge in [0.05, 0.1) is 6.04 Å². The lowest BCUT2D eigenvalue weighted by Gasteiger charge is -2.26. The van der Waals surface area contributed by atoms with Crippen LogP contribution in [0, 0.1) is 11.3 Å². The van der Waals surface area contributed by atoms with E-state index in [-0.39, 0.29) is 6.04 Å². The Kier molecular flexibility index (Phi) is 3.24. The first kappa shape index (κ1) is 11.9. The highest BCUT2D eigenvalue weighted by Gasteiger charge is 2.48. The van der Waals surface area contributed by atoms with Gasteiger partial charge in [-0.1, -0.05) is 20.8 Å². The van der Waals surface area contributed by atoms with Crippen molar-refractivity contribution in [2.45, 2.75) is 46.1 Å². The van der Waals surface area contributed by atoms with E-state index < -0.39 is 0 Å². The average molecular weight is 224 g/mol. The Morgan fingerprint density at radius 3 is 2.69 bits per heavy atom. The Hall–Kier alpha value is -0.570. The van der Waals surface area contributed by atoms with Crippen LogP contribution < -0.4 is 5.32 Å². The second kappa shape index (κ2) is 4.36. The molecule has 0 aromatic rings. The standard InChI is InChI=1S/C13H24N2O/c1-4-14-11-5-8-15(12(11)16)9-13(6-7-13)10(2)3/h10-11,14H,4-9H2,1-3H3. The fourth-order valence-corrected chi connectivity index (χ4v) is 2.79. The summed E-state index contributed by atoms with van der Waals surface area (Å²) in [5, 5.41) is 3.27. The van der Waals surface area contributed by atoms with E-state index in [1.54, 1.807) is 0 Å². The number of likely N-dealkylation sites (N-methyl/N-ethyl adjacent to an activating group) is 1. The SMILES string of the molecule is CCNC1CCN(CC2(C(C)C)CC2)C1=O. The summed E-state index contributed by atoms with van der Waals surface area (Å²) in [5.41, 5.74) is 0.455. The van der Waals surface area contributed by atoms with Crippen LogP contribution in [0.15, 0.2) is 0 Å². The predicted octanol–water partition coefficient (Wildman–Crippen LogP) is 1.63. The molecule has 2 fully saturated rings. The maximum absolute atomic E-state index is 12.1. The molecule has 3 nitrogen and oxygen atoms in total. The van der Waals surface area contributed by atoms with E-state index in [1.165, 1.54) is 12.8 Å². The molecule has 16 heavy (non-hydrogen) atoms. The molecule has 1 heterocycles. The molecule has 1 aliphatic carbocycles. The lowest BCUT2D eigenvalue weighted by molar-refractivity contribution is -0.130. The molecule has 1 atom stereocenters. The monoisotopic (exact) mass is 224 g/mol. The fraction of sp³-hybridized carbons (Fsp3) is 0.923. The molecule has 92 valence electrons. The van der Waals surface area contributed by atoms with Crippen LogP contribution in [0.4, 0.5) is 0 Å². The zero-order valence-corrected chi connectivity index (χ0v) is 10.8. The van der Waals surface area contributed by atoms with Crippen molar-refractivity contribution in [3.8, 4) is 0 Å². The van der Waals surface area contributed by atoms with E-state index in [0.717, 1.165) is 26.1 Å². The Morgan fingerprint density at radius 1 is 1.50 bits per heavy atom. The molecule has 1 N–H and O–H groups in total. The molecule has 0 spiro atoms. The van der Waals surface area contributed by atoms with Crippen LogP contribution in [0.1, 0.15) is 40.0 Å². The molecule has 0 aromatic heterocycles. The van der Waals surface area contributed by atoms with Crippen molar-refractivity contribution in [2.75, 3.05) is 19.6 Å². The van der Waals surface area contributed by atoms with Gasteiger partial charge in [-0.2, -0.15) is 0 Å². The number of rotatable bonds is 5. The van der Waals surface area contributed by atoms with Crippen molar-refractivity contribution in [1.82, 2.24) is 10.2 Å². The normalized spacial score (nSPS) is 27.9. The summed E-state index contributed by atoms with van der Waals surface area (Å²) in [6, 6.07) is 0.0907. The van der Waals surface area contributed by atoms with Crippen molar-refractivity contribution in [3.05, 3.63) is 0 Å². The summed E-state index contributed by atoms with van der Waals surface area (Å²) in [6.07, 6.45) is 3.60. The average Bonchev–Trinajstić information content (AvgIpc) is 2.95. The molecule has 1 saturated carbocycles. The smallest absolute Gasteiger partial charge is 0.239 e. The summed E-state index contributed by atoms with van der Waals surface area (Å²) in [5.74, 6) is 1.03. The van der Waals surface area contributed by atoms with Crippen LogP contribution >= 0.6 is 0 Å². The summed E-state index contributed by atoms with van der Waals surface area (Å²) in [7, 11) is 0. The zero-order chi connectivity index (χ0) is 11.8. The second-order valence-corrected chi connectivity index (χ2v) is 5.68. The number of likely N-dealkylation sites (tertiary alicyclic amines) is 1. The van der Waals surface area contributed by atoms with Gasteiger partial charge in [-0.05, 0) is 37.1 Å². The van der Waals surface area contributed by atoms with Crippen LogP contribution in [0.25, 0.3) is 0 Å². The van der Waals surface area contributed by atoms with E-state index in [4.69, 9.17) is 0 Å². The van der Waals surface area contributed by atoms with Gasteiger partial charge >= 0.3 is 0 Å². The van der Waals surface area contributed by atoms with Gasteiger partial charge in [0.15, 0.2) is 0 Å². The van der Waals surface area contributed by atoms with Gasteiger partial charge in [0.2, 0.25) is 5.91 Å². The van der Waals surface area contributed by atoms with Crippen molar-refractivity contribution in [2.24, 2.45) is 11.3 Å². The molecule has 2 aliphatic rings. The highest BCUT2D eigenvalue weighted by atomic mass is 16.2. The molecular weight excluding hydrogens is 200 g/mol. The summed E-state index contributed by atoms with van der Waals surface area (Å²) >= 11 is 0. The van der Waals surface area contributed by atoms with Crippen LogP contribution in [-0.2, 0) is 4.79 Å². The molecule has 0 bridgehead atoms. The lowest BCUT2D eigenvalue weighted by Crippen LogP contribution is -2.41. The summed E-state index contributed by atoms with van der Waals surface area (Å²) in [6.45, 7) is 9.47. The molecule has 1 amide bonds. The number of carbonyl (C=O) groups is 1. The van der Waals surface area contributed by atoms with Crippen molar-refractivity contribution in [3.63, 3.8) is 0 Å². The van der Waals surface area contributed by atoms with Gasteiger partial charge in [-0.25, -0.2) is 0 Å². The maximum Gasteiger partial charge on any atom is 0.239 e. The van der Waals surface area contributed by atoms with Crippen LogP contribution in [-0.4, -0.2) is 36.5 Å². The Bertz CT molecular complexity index is 271. The van der Waals surface area contributed by atoms with Crippen molar-refractivity contribution in [1.29, 1.82) is 0 Å². The van der Waals surface area contributed by atoms with Gasteiger partial charge in [-0.3, -0.25) is 4.79 Å². The molecule has 3 heteroatoms. The van der Waals surface area contributed by atoms with E-state index in [9.17, 15) is 4.79 Å². The third-order valence-electron chi connectivity index (χ3n) is 4.37. The number of nitrogens with zero attached hydrogens (tertiary/aromatic N) is 1. The molecule has 0 aromatic carbocycles. The van der Waals surface area contributed by atoms with E-state index in [0.29, 0.717) is 17.2 Å². The number of nitrogens with one attached hydrogen (secondary N) is 1. The highest BCUT2D eigenvalue weighted by molar-refractivity contribution is 5.84. The van der Waals surface area contributed by atoms with Crippen LogP contribution in [0.5, 0.6) is 0 Å². The fourth-order valence-electron chi connectivity index (χ4n) is 2.79. The first-order chi connectivity index (χ1) is 7.59. The minimum absolute atomic E-state index is 0.0907. The van der Waals surface area contributed by atoms with Gasteiger partial charge in [0.1, 0.15) is 0 Å². The lowest BCUT2D eigenvalue weighted by atomic mass is 9.92. The van der Waals surface area contributed by atoms with Crippen molar-refractivity contribution >= 4 is 5.91 Å². The maximum atomic E-state index is 12.1. The van der Waals surface area contributed by atoms with Crippen LogP contribution in [0.3, 0.4) is 0 Å². The second-order valence-electron chi connectivity index (χ2n) is 5.68. The summed E-state index contributed by atoms with van der Waals surface area (Å²) in [4.78, 5) is 14.2.